The van der Waals surface area contributed by atoms with Crippen molar-refractivity contribution in [2.45, 2.75) is 39.0 Å². The first-order valence-corrected chi connectivity index (χ1v) is 5.43. The maximum atomic E-state index is 12.1. The normalized spacial score (nSPS) is 13.7. The van der Waals surface area contributed by atoms with Gasteiger partial charge in [0.25, 0.3) is 0 Å². The third kappa shape index (κ3) is 5.08. The molecule has 2 nitrogen and oxygen atoms in total. The molecule has 17 heavy (non-hydrogen) atoms. The number of anilines is 1. The van der Waals surface area contributed by atoms with Gasteiger partial charge in [-0.3, -0.25) is 0 Å². The number of halogens is 3. The van der Waals surface area contributed by atoms with Crippen LogP contribution in [0.4, 0.5) is 18.9 Å². The van der Waals surface area contributed by atoms with Crippen molar-refractivity contribution in [3.63, 3.8) is 0 Å². The Morgan fingerprint density at radius 3 is 2.59 bits per heavy atom. The van der Waals surface area contributed by atoms with Crippen LogP contribution in [0.2, 0.25) is 0 Å². The molecule has 0 amide bonds. The van der Waals surface area contributed by atoms with Crippen molar-refractivity contribution in [3.8, 4) is 0 Å². The second-order valence-corrected chi connectivity index (χ2v) is 4.30. The van der Waals surface area contributed by atoms with E-state index in [2.05, 4.69) is 5.32 Å². The molecular formula is C12H17F3N2. The molecule has 1 aromatic rings. The lowest BCUT2D eigenvalue weighted by molar-refractivity contribution is -0.139. The Hall–Kier alpha value is -1.23. The van der Waals surface area contributed by atoms with E-state index in [0.29, 0.717) is 12.2 Å². The van der Waals surface area contributed by atoms with E-state index in [0.717, 1.165) is 11.1 Å². The molecule has 0 bridgehead atoms. The Morgan fingerprint density at radius 2 is 2.00 bits per heavy atom. The summed E-state index contributed by atoms with van der Waals surface area (Å²) in [6, 6.07) is 4.90. The van der Waals surface area contributed by atoms with E-state index >= 15 is 0 Å². The zero-order valence-corrected chi connectivity index (χ0v) is 9.93. The predicted molar refractivity (Wildman–Crippen MR) is 62.6 cm³/mol. The SMILES string of the molecule is Cc1ccc(N)c(CNC(C)CC(F)(F)F)c1. The molecule has 0 aliphatic carbocycles. The van der Waals surface area contributed by atoms with Gasteiger partial charge in [0.05, 0.1) is 6.42 Å². The van der Waals surface area contributed by atoms with E-state index in [1.165, 1.54) is 6.92 Å². The summed E-state index contributed by atoms with van der Waals surface area (Å²) in [4.78, 5) is 0. The molecule has 1 aromatic carbocycles. The molecule has 0 fully saturated rings. The second-order valence-electron chi connectivity index (χ2n) is 4.30. The number of benzene rings is 1. The molecule has 0 aliphatic heterocycles. The Bertz CT molecular complexity index is 375. The maximum Gasteiger partial charge on any atom is 0.390 e. The fraction of sp³-hybridized carbons (Fsp3) is 0.500. The van der Waals surface area contributed by atoms with Crippen molar-refractivity contribution >= 4 is 5.69 Å². The highest BCUT2D eigenvalue weighted by molar-refractivity contribution is 5.48. The molecule has 0 saturated carbocycles. The zero-order valence-electron chi connectivity index (χ0n) is 9.93. The van der Waals surface area contributed by atoms with E-state index in [4.69, 9.17) is 5.73 Å². The first kappa shape index (κ1) is 13.8. The lowest BCUT2D eigenvalue weighted by Gasteiger charge is -2.16. The van der Waals surface area contributed by atoms with Gasteiger partial charge in [-0.25, -0.2) is 0 Å². The van der Waals surface area contributed by atoms with Crippen LogP contribution in [0.25, 0.3) is 0 Å². The number of aryl methyl sites for hydroxylation is 1. The lowest BCUT2D eigenvalue weighted by Crippen LogP contribution is -2.30. The molecule has 0 saturated heterocycles. The summed E-state index contributed by atoms with van der Waals surface area (Å²) >= 11 is 0. The molecule has 1 rings (SSSR count). The summed E-state index contributed by atoms with van der Waals surface area (Å²) in [6.45, 7) is 3.78. The molecule has 5 heteroatoms. The van der Waals surface area contributed by atoms with Gasteiger partial charge in [0.2, 0.25) is 0 Å². The Labute approximate surface area is 99.0 Å². The monoisotopic (exact) mass is 246 g/mol. The quantitative estimate of drug-likeness (QED) is 0.801. The molecule has 3 N–H and O–H groups in total. The molecule has 96 valence electrons. The standard InChI is InChI=1S/C12H17F3N2/c1-8-3-4-11(16)10(5-8)7-17-9(2)6-12(13,14)15/h3-5,9,17H,6-7,16H2,1-2H3. The van der Waals surface area contributed by atoms with Gasteiger partial charge in [0, 0.05) is 18.3 Å². The summed E-state index contributed by atoms with van der Waals surface area (Å²) in [5.41, 5.74) is 8.21. The highest BCUT2D eigenvalue weighted by atomic mass is 19.4. The van der Waals surface area contributed by atoms with Crippen molar-refractivity contribution in [1.82, 2.24) is 5.32 Å². The van der Waals surface area contributed by atoms with Crippen LogP contribution >= 0.6 is 0 Å². The summed E-state index contributed by atoms with van der Waals surface area (Å²) < 4.78 is 36.3. The predicted octanol–water partition coefficient (Wildman–Crippen LogP) is 3.01. The fourth-order valence-corrected chi connectivity index (χ4v) is 1.59. The molecule has 0 heterocycles. The first-order valence-electron chi connectivity index (χ1n) is 5.43. The first-order chi connectivity index (χ1) is 7.78. The number of hydrogen-bond acceptors (Lipinski definition) is 2. The number of alkyl halides is 3. The van der Waals surface area contributed by atoms with Gasteiger partial charge in [0.1, 0.15) is 0 Å². The Kier molecular flexibility index (Phi) is 4.40. The molecule has 0 radical (unpaired) electrons. The van der Waals surface area contributed by atoms with Crippen molar-refractivity contribution in [1.29, 1.82) is 0 Å². The smallest absolute Gasteiger partial charge is 0.390 e. The van der Waals surface area contributed by atoms with Crippen LogP contribution in [-0.4, -0.2) is 12.2 Å². The van der Waals surface area contributed by atoms with Gasteiger partial charge < -0.3 is 11.1 Å². The van der Waals surface area contributed by atoms with Crippen LogP contribution in [-0.2, 0) is 6.54 Å². The van der Waals surface area contributed by atoms with Gasteiger partial charge in [0.15, 0.2) is 0 Å². The number of nitrogens with one attached hydrogen (secondary N) is 1. The number of nitrogen functional groups attached to an aromatic ring is 1. The average Bonchev–Trinajstić information content (AvgIpc) is 2.17. The molecular weight excluding hydrogens is 229 g/mol. The number of nitrogens with two attached hydrogens (primary N) is 1. The van der Waals surface area contributed by atoms with Crippen molar-refractivity contribution in [2.75, 3.05) is 5.73 Å². The molecule has 0 aliphatic rings. The van der Waals surface area contributed by atoms with E-state index < -0.39 is 18.6 Å². The third-order valence-electron chi connectivity index (χ3n) is 2.48. The highest BCUT2D eigenvalue weighted by Gasteiger charge is 2.29. The van der Waals surface area contributed by atoms with Crippen LogP contribution < -0.4 is 11.1 Å². The molecule has 0 spiro atoms. The van der Waals surface area contributed by atoms with Gasteiger partial charge >= 0.3 is 6.18 Å². The summed E-state index contributed by atoms with van der Waals surface area (Å²) in [5.74, 6) is 0. The minimum absolute atomic E-state index is 0.352. The van der Waals surface area contributed by atoms with Crippen LogP contribution in [0.3, 0.4) is 0 Å². The Morgan fingerprint density at radius 1 is 1.35 bits per heavy atom. The minimum atomic E-state index is -4.13. The van der Waals surface area contributed by atoms with Crippen LogP contribution in [0, 0.1) is 6.92 Å². The highest BCUT2D eigenvalue weighted by Crippen LogP contribution is 2.21. The lowest BCUT2D eigenvalue weighted by atomic mass is 10.1. The summed E-state index contributed by atoms with van der Waals surface area (Å²) in [7, 11) is 0. The van der Waals surface area contributed by atoms with Crippen LogP contribution in [0.5, 0.6) is 0 Å². The van der Waals surface area contributed by atoms with Gasteiger partial charge in [-0.2, -0.15) is 13.2 Å². The third-order valence-corrected chi connectivity index (χ3v) is 2.48. The van der Waals surface area contributed by atoms with E-state index in [1.54, 1.807) is 6.07 Å². The molecule has 1 atom stereocenters. The van der Waals surface area contributed by atoms with E-state index in [1.807, 2.05) is 19.1 Å². The minimum Gasteiger partial charge on any atom is -0.398 e. The van der Waals surface area contributed by atoms with E-state index in [9.17, 15) is 13.2 Å². The Balaban J connectivity index is 2.53. The van der Waals surface area contributed by atoms with Gasteiger partial charge in [-0.15, -0.1) is 0 Å². The van der Waals surface area contributed by atoms with Crippen LogP contribution in [0.1, 0.15) is 24.5 Å². The topological polar surface area (TPSA) is 38.0 Å². The average molecular weight is 246 g/mol. The van der Waals surface area contributed by atoms with Crippen LogP contribution in [0.15, 0.2) is 18.2 Å². The van der Waals surface area contributed by atoms with E-state index in [-0.39, 0.29) is 0 Å². The van der Waals surface area contributed by atoms with Crippen molar-refractivity contribution in [3.05, 3.63) is 29.3 Å². The molecule has 0 aromatic heterocycles. The second kappa shape index (κ2) is 5.40. The maximum absolute atomic E-state index is 12.1. The zero-order chi connectivity index (χ0) is 13.1. The number of hydrogen-bond donors (Lipinski definition) is 2. The largest absolute Gasteiger partial charge is 0.398 e. The van der Waals surface area contributed by atoms with Crippen molar-refractivity contribution in [2.24, 2.45) is 0 Å². The number of rotatable bonds is 4. The molecule has 1 unspecified atom stereocenters. The van der Waals surface area contributed by atoms with Gasteiger partial charge in [-0.05, 0) is 25.5 Å². The van der Waals surface area contributed by atoms with Gasteiger partial charge in [-0.1, -0.05) is 17.7 Å². The summed E-state index contributed by atoms with van der Waals surface area (Å²) in [6.07, 6.45) is -4.97. The fourth-order valence-electron chi connectivity index (χ4n) is 1.59. The summed E-state index contributed by atoms with van der Waals surface area (Å²) in [5, 5.41) is 2.82. The van der Waals surface area contributed by atoms with Crippen molar-refractivity contribution < 1.29 is 13.2 Å².